The summed E-state index contributed by atoms with van der Waals surface area (Å²) in [6, 6.07) is 0. The van der Waals surface area contributed by atoms with E-state index in [1.54, 1.807) is 0 Å². The van der Waals surface area contributed by atoms with Crippen LogP contribution in [0, 0.1) is 17.8 Å². The topological polar surface area (TPSA) is 0 Å². The molecule has 0 fully saturated rings. The molecule has 0 heterocycles. The lowest BCUT2D eigenvalue weighted by molar-refractivity contribution is 0.392. The third-order valence-electron chi connectivity index (χ3n) is 1.93. The van der Waals surface area contributed by atoms with Crippen LogP contribution in [0.3, 0.4) is 0 Å². The molecule has 0 aliphatic rings. The molecule has 0 N–H and O–H groups in total. The highest BCUT2D eigenvalue weighted by Crippen LogP contribution is 2.25. The van der Waals surface area contributed by atoms with E-state index in [1.807, 2.05) is 0 Å². The first-order chi connectivity index (χ1) is 4.18. The van der Waals surface area contributed by atoms with Crippen LogP contribution in [0.4, 0.5) is 0 Å². The second-order valence-electron chi connectivity index (χ2n) is 2.81. The Labute approximate surface area is 58.7 Å². The number of terminal acetylenes is 1. The molecule has 0 aliphatic carbocycles. The van der Waals surface area contributed by atoms with Crippen LogP contribution in [0.15, 0.2) is 0 Å². The van der Waals surface area contributed by atoms with E-state index in [9.17, 15) is 0 Å². The number of hydrogen-bond acceptors (Lipinski definition) is 0. The van der Waals surface area contributed by atoms with E-state index >= 15 is 0 Å². The minimum atomic E-state index is 0.161. The third-order valence-corrected chi connectivity index (χ3v) is 1.93. The lowest BCUT2D eigenvalue weighted by Gasteiger charge is -2.19. The molecular weight excluding hydrogens is 108 g/mol. The maximum atomic E-state index is 5.35. The van der Waals surface area contributed by atoms with Crippen LogP contribution in [-0.2, 0) is 0 Å². The van der Waals surface area contributed by atoms with Crippen molar-refractivity contribution in [3.05, 3.63) is 0 Å². The van der Waals surface area contributed by atoms with E-state index in [0.29, 0.717) is 0 Å². The van der Waals surface area contributed by atoms with Gasteiger partial charge in [0.2, 0.25) is 0 Å². The minimum absolute atomic E-state index is 0.161. The molecule has 0 rings (SSSR count). The molecule has 1 unspecified atom stereocenters. The van der Waals surface area contributed by atoms with E-state index in [4.69, 9.17) is 6.42 Å². The summed E-state index contributed by atoms with van der Waals surface area (Å²) in [4.78, 5) is 0. The molecule has 0 saturated carbocycles. The Bertz CT molecular complexity index is 108. The van der Waals surface area contributed by atoms with Crippen LogP contribution in [0.1, 0.15) is 40.0 Å². The highest BCUT2D eigenvalue weighted by Gasteiger charge is 2.15. The second-order valence-corrected chi connectivity index (χ2v) is 2.81. The predicted molar refractivity (Wildman–Crippen MR) is 42.1 cm³/mol. The zero-order chi connectivity index (χ0) is 7.33. The van der Waals surface area contributed by atoms with Crippen molar-refractivity contribution in [2.45, 2.75) is 40.0 Å². The molecule has 0 spiro atoms. The molecule has 0 bridgehead atoms. The highest BCUT2D eigenvalue weighted by atomic mass is 14.2. The van der Waals surface area contributed by atoms with E-state index in [0.717, 1.165) is 12.8 Å². The second kappa shape index (κ2) is 3.56. The van der Waals surface area contributed by atoms with Crippen molar-refractivity contribution in [2.24, 2.45) is 5.41 Å². The summed E-state index contributed by atoms with van der Waals surface area (Å²) in [5.74, 6) is 2.83. The average Bonchev–Trinajstić information content (AvgIpc) is 1.89. The van der Waals surface area contributed by atoms with Crippen LogP contribution in [-0.4, -0.2) is 0 Å². The van der Waals surface area contributed by atoms with Crippen molar-refractivity contribution in [3.63, 3.8) is 0 Å². The zero-order valence-electron chi connectivity index (χ0n) is 6.70. The highest BCUT2D eigenvalue weighted by molar-refractivity contribution is 5.01. The van der Waals surface area contributed by atoms with Crippen molar-refractivity contribution in [3.8, 4) is 12.3 Å². The number of hydrogen-bond donors (Lipinski definition) is 0. The fourth-order valence-corrected chi connectivity index (χ4v) is 0.903. The summed E-state index contributed by atoms with van der Waals surface area (Å²) in [6.07, 6.45) is 8.79. The summed E-state index contributed by atoms with van der Waals surface area (Å²) < 4.78 is 0. The summed E-state index contributed by atoms with van der Waals surface area (Å²) in [6.45, 7) is 6.47. The molecule has 1 atom stereocenters. The average molecular weight is 124 g/mol. The van der Waals surface area contributed by atoms with Gasteiger partial charge in [-0.25, -0.2) is 0 Å². The molecule has 52 valence electrons. The van der Waals surface area contributed by atoms with Gasteiger partial charge in [-0.2, -0.15) is 0 Å². The van der Waals surface area contributed by atoms with Crippen molar-refractivity contribution >= 4 is 0 Å². The Kier molecular flexibility index (Phi) is 3.39. The maximum Gasteiger partial charge on any atom is 0.0281 e. The van der Waals surface area contributed by atoms with Gasteiger partial charge in [0.25, 0.3) is 0 Å². The first-order valence-electron chi connectivity index (χ1n) is 3.66. The Morgan fingerprint density at radius 2 is 2.00 bits per heavy atom. The molecule has 0 saturated heterocycles. The van der Waals surface area contributed by atoms with Crippen molar-refractivity contribution in [1.82, 2.24) is 0 Å². The van der Waals surface area contributed by atoms with Gasteiger partial charge in [0.15, 0.2) is 0 Å². The molecule has 0 aromatic rings. The molecule has 0 nitrogen and oxygen atoms in total. The van der Waals surface area contributed by atoms with Crippen molar-refractivity contribution in [2.75, 3.05) is 0 Å². The third kappa shape index (κ3) is 2.56. The van der Waals surface area contributed by atoms with Gasteiger partial charge in [0.1, 0.15) is 0 Å². The van der Waals surface area contributed by atoms with E-state index in [2.05, 4.69) is 26.7 Å². The summed E-state index contributed by atoms with van der Waals surface area (Å²) >= 11 is 0. The zero-order valence-corrected chi connectivity index (χ0v) is 6.70. The molecule has 0 aliphatic heterocycles. The first kappa shape index (κ1) is 8.56. The first-order valence-corrected chi connectivity index (χ1v) is 3.66. The van der Waals surface area contributed by atoms with Gasteiger partial charge in [-0.3, -0.25) is 0 Å². The molecular formula is C9H16. The summed E-state index contributed by atoms with van der Waals surface area (Å²) in [7, 11) is 0. The smallest absolute Gasteiger partial charge is 0.0281 e. The fraction of sp³-hybridized carbons (Fsp3) is 0.778. The molecule has 0 amide bonds. The molecule has 0 heteroatoms. The van der Waals surface area contributed by atoms with E-state index in [1.165, 1.54) is 6.42 Å². The van der Waals surface area contributed by atoms with Gasteiger partial charge < -0.3 is 0 Å². The summed E-state index contributed by atoms with van der Waals surface area (Å²) in [5.41, 5.74) is 0.161. The quantitative estimate of drug-likeness (QED) is 0.507. The lowest BCUT2D eigenvalue weighted by atomic mass is 9.84. The number of rotatable bonds is 3. The standard InChI is InChI=1S/C9H16/c1-5-8-9(4,6-2)7-3/h2H,5,7-8H2,1,3-4H3. The van der Waals surface area contributed by atoms with Gasteiger partial charge in [0.05, 0.1) is 0 Å². The van der Waals surface area contributed by atoms with E-state index in [-0.39, 0.29) is 5.41 Å². The SMILES string of the molecule is C#CC(C)(CC)CCC. The molecule has 9 heavy (non-hydrogen) atoms. The Morgan fingerprint density at radius 3 is 2.11 bits per heavy atom. The van der Waals surface area contributed by atoms with Gasteiger partial charge in [-0.1, -0.05) is 20.3 Å². The minimum Gasteiger partial charge on any atom is -0.120 e. The Morgan fingerprint density at radius 1 is 1.44 bits per heavy atom. The van der Waals surface area contributed by atoms with Gasteiger partial charge in [-0.05, 0) is 19.8 Å². The van der Waals surface area contributed by atoms with Gasteiger partial charge in [0, 0.05) is 5.41 Å². The normalized spacial score (nSPS) is 16.2. The van der Waals surface area contributed by atoms with Gasteiger partial charge in [-0.15, -0.1) is 12.3 Å². The molecule has 0 aromatic carbocycles. The maximum absolute atomic E-state index is 5.35. The predicted octanol–water partition coefficient (Wildman–Crippen LogP) is 2.84. The van der Waals surface area contributed by atoms with Crippen LogP contribution >= 0.6 is 0 Å². The monoisotopic (exact) mass is 124 g/mol. The van der Waals surface area contributed by atoms with Crippen LogP contribution < -0.4 is 0 Å². The van der Waals surface area contributed by atoms with Crippen LogP contribution in [0.25, 0.3) is 0 Å². The summed E-state index contributed by atoms with van der Waals surface area (Å²) in [5, 5.41) is 0. The largest absolute Gasteiger partial charge is 0.120 e. The van der Waals surface area contributed by atoms with Crippen LogP contribution in [0.2, 0.25) is 0 Å². The van der Waals surface area contributed by atoms with Crippen molar-refractivity contribution in [1.29, 1.82) is 0 Å². The van der Waals surface area contributed by atoms with Crippen LogP contribution in [0.5, 0.6) is 0 Å². The Hall–Kier alpha value is -0.440. The van der Waals surface area contributed by atoms with Crippen molar-refractivity contribution < 1.29 is 0 Å². The Balaban J connectivity index is 3.81. The molecule has 0 radical (unpaired) electrons. The van der Waals surface area contributed by atoms with E-state index < -0.39 is 0 Å². The van der Waals surface area contributed by atoms with Gasteiger partial charge >= 0.3 is 0 Å². The molecule has 0 aromatic heterocycles. The lowest BCUT2D eigenvalue weighted by Crippen LogP contribution is -2.10. The fourth-order valence-electron chi connectivity index (χ4n) is 0.903.